The van der Waals surface area contributed by atoms with Gasteiger partial charge in [0.1, 0.15) is 13.2 Å². The first-order valence-electron chi connectivity index (χ1n) is 34.9. The number of unbranched alkanes of at least 4 members (excludes halogenated alkanes) is 40. The monoisotopic (exact) mass is 1150 g/mol. The maximum Gasteiger partial charge on any atom is 0.306 e. The van der Waals surface area contributed by atoms with Crippen molar-refractivity contribution in [2.75, 3.05) is 47.5 Å². The predicted octanol–water partition coefficient (Wildman–Crippen LogP) is 20.2. The molecular weight excluding hydrogens is 1020 g/mol. The van der Waals surface area contributed by atoms with E-state index in [9.17, 15) is 19.5 Å². The van der Waals surface area contributed by atoms with E-state index in [-0.39, 0.29) is 32.2 Å². The van der Waals surface area contributed by atoms with Crippen molar-refractivity contribution in [3.8, 4) is 0 Å². The average Bonchev–Trinajstić information content (AvgIpc) is 3.45. The number of hydrogen-bond acceptors (Lipinski definition) is 8. The summed E-state index contributed by atoms with van der Waals surface area (Å²) in [6.45, 7) is 4.69. The molecule has 0 aromatic heterocycles. The van der Waals surface area contributed by atoms with Crippen molar-refractivity contribution in [2.45, 2.75) is 341 Å². The first-order chi connectivity index (χ1) is 40.1. The number of hydrogen-bond donors (Lipinski definition) is 0. The van der Waals surface area contributed by atoms with Gasteiger partial charge >= 0.3 is 11.9 Å². The fourth-order valence-electron chi connectivity index (χ4n) is 10.2. The zero-order valence-corrected chi connectivity index (χ0v) is 54.6. The van der Waals surface area contributed by atoms with Crippen molar-refractivity contribution >= 4 is 17.9 Å². The minimum atomic E-state index is -1.62. The van der Waals surface area contributed by atoms with Crippen LogP contribution in [-0.4, -0.2) is 82.3 Å². The number of carboxylic acids is 1. The summed E-state index contributed by atoms with van der Waals surface area (Å²) in [7, 11) is 5.94. The molecule has 0 aliphatic heterocycles. The van der Waals surface area contributed by atoms with Gasteiger partial charge in [0.15, 0.2) is 12.4 Å². The van der Waals surface area contributed by atoms with Crippen LogP contribution in [0.2, 0.25) is 0 Å². The minimum Gasteiger partial charge on any atom is -0.545 e. The van der Waals surface area contributed by atoms with E-state index in [1.807, 2.05) is 21.1 Å². The maximum atomic E-state index is 12.9. The summed E-state index contributed by atoms with van der Waals surface area (Å²) in [5.41, 5.74) is 0. The van der Waals surface area contributed by atoms with Crippen LogP contribution in [-0.2, 0) is 33.3 Å². The standard InChI is InChI=1S/C73H133NO8/c1-6-8-10-12-14-16-18-20-22-24-26-28-30-32-33-34-35-36-37-38-39-40-42-44-46-48-50-52-54-56-58-60-62-64-71(76)82-69(68-81-73(72(77)78)79-66-65-74(3,4)5)67-80-70(75)63-61-59-57-55-53-51-49-47-45-43-41-31-29-27-25-23-21-19-17-15-13-11-9-7-2/h8,10,14,16,20,22,26,28,32-33,69,73H,6-7,9,11-13,15,17-19,21,23-25,27,29-31,34-68H2,1-5H3/b10-8-,16-14-,22-20-,28-26-,33-32-. The summed E-state index contributed by atoms with van der Waals surface area (Å²) in [5, 5.41) is 11.8. The molecule has 0 heterocycles. The molecule has 0 N–H and O–H groups in total. The average molecular weight is 1150 g/mol. The van der Waals surface area contributed by atoms with Crippen molar-refractivity contribution in [1.29, 1.82) is 0 Å². The summed E-state index contributed by atoms with van der Waals surface area (Å²) >= 11 is 0. The molecule has 2 atom stereocenters. The van der Waals surface area contributed by atoms with Gasteiger partial charge < -0.3 is 33.3 Å². The van der Waals surface area contributed by atoms with Crippen molar-refractivity contribution in [3.63, 3.8) is 0 Å². The van der Waals surface area contributed by atoms with Crippen LogP contribution < -0.4 is 5.11 Å². The molecule has 0 amide bonds. The normalized spacial score (nSPS) is 13.0. The van der Waals surface area contributed by atoms with Crippen molar-refractivity contribution in [2.24, 2.45) is 0 Å². The Kier molecular flexibility index (Phi) is 61.6. The first-order valence-corrected chi connectivity index (χ1v) is 34.9. The van der Waals surface area contributed by atoms with E-state index in [1.165, 1.54) is 231 Å². The largest absolute Gasteiger partial charge is 0.545 e. The van der Waals surface area contributed by atoms with E-state index < -0.39 is 24.3 Å². The second-order valence-electron chi connectivity index (χ2n) is 24.8. The van der Waals surface area contributed by atoms with Gasteiger partial charge in [-0.1, -0.05) is 319 Å². The lowest BCUT2D eigenvalue weighted by Gasteiger charge is -2.26. The molecule has 0 saturated heterocycles. The third-order valence-corrected chi connectivity index (χ3v) is 15.5. The van der Waals surface area contributed by atoms with Gasteiger partial charge in [-0.25, -0.2) is 0 Å². The predicted molar refractivity (Wildman–Crippen MR) is 348 cm³/mol. The highest BCUT2D eigenvalue weighted by Gasteiger charge is 2.22. The van der Waals surface area contributed by atoms with Gasteiger partial charge in [0, 0.05) is 12.8 Å². The Morgan fingerprint density at radius 3 is 1.04 bits per heavy atom. The lowest BCUT2D eigenvalue weighted by Crippen LogP contribution is -2.44. The van der Waals surface area contributed by atoms with Crippen LogP contribution in [0.25, 0.3) is 0 Å². The van der Waals surface area contributed by atoms with Gasteiger partial charge in [-0.2, -0.15) is 0 Å². The zero-order chi connectivity index (χ0) is 59.8. The third kappa shape index (κ3) is 64.5. The quantitative estimate of drug-likeness (QED) is 0.0195. The Balaban J connectivity index is 4.07. The number of nitrogens with zero attached hydrogens (tertiary/aromatic N) is 1. The molecule has 0 saturated carbocycles. The molecule has 478 valence electrons. The number of esters is 2. The lowest BCUT2D eigenvalue weighted by molar-refractivity contribution is -0.870. The minimum absolute atomic E-state index is 0.149. The van der Waals surface area contributed by atoms with E-state index in [0.717, 1.165) is 64.2 Å². The van der Waals surface area contributed by atoms with Gasteiger partial charge in [-0.15, -0.1) is 0 Å². The number of ether oxygens (including phenoxy) is 4. The number of carboxylic acid groups (broad SMARTS) is 1. The van der Waals surface area contributed by atoms with Crippen LogP contribution in [0.5, 0.6) is 0 Å². The molecule has 0 rings (SSSR count). The highest BCUT2D eigenvalue weighted by molar-refractivity contribution is 5.70. The highest BCUT2D eigenvalue weighted by Crippen LogP contribution is 2.18. The molecule has 9 nitrogen and oxygen atoms in total. The molecule has 0 fully saturated rings. The highest BCUT2D eigenvalue weighted by atomic mass is 16.7. The van der Waals surface area contributed by atoms with Gasteiger partial charge in [0.05, 0.1) is 40.3 Å². The van der Waals surface area contributed by atoms with Gasteiger partial charge in [0.2, 0.25) is 0 Å². The Hall–Kier alpha value is -3.01. The van der Waals surface area contributed by atoms with Crippen LogP contribution in [0.4, 0.5) is 0 Å². The fraction of sp³-hybridized carbons (Fsp3) is 0.822. The van der Waals surface area contributed by atoms with E-state index in [1.54, 1.807) is 0 Å². The Bertz CT molecular complexity index is 1530. The molecular formula is C73H133NO8. The Labute approximate surface area is 507 Å². The van der Waals surface area contributed by atoms with Crippen molar-refractivity contribution in [3.05, 3.63) is 60.8 Å². The van der Waals surface area contributed by atoms with Crippen LogP contribution in [0, 0.1) is 0 Å². The summed E-state index contributed by atoms with van der Waals surface area (Å²) in [6.07, 6.45) is 80.2. The Morgan fingerprint density at radius 2 is 0.695 bits per heavy atom. The number of likely N-dealkylation sites (N-methyl/N-ethyl adjacent to an activating group) is 1. The zero-order valence-electron chi connectivity index (χ0n) is 54.6. The molecule has 0 aliphatic carbocycles. The third-order valence-electron chi connectivity index (χ3n) is 15.5. The molecule has 0 aromatic rings. The number of allylic oxidation sites excluding steroid dienone is 10. The first kappa shape index (κ1) is 79.0. The SMILES string of the molecule is CC/C=C\C/C=C\C/C=C\C/C=C\C/C=C\CCCCCCCCCCCCCCCCCCCC(=O)OC(COC(=O)CCCCCCCCCCCCCCCCCCCCCCCCCC)COC(OCC[N+](C)(C)C)C(=O)[O-]. The number of aliphatic carboxylic acids is 1. The smallest absolute Gasteiger partial charge is 0.306 e. The second-order valence-corrected chi connectivity index (χ2v) is 24.8. The van der Waals surface area contributed by atoms with Crippen molar-refractivity contribution < 1.29 is 42.9 Å². The van der Waals surface area contributed by atoms with Gasteiger partial charge in [0.25, 0.3) is 0 Å². The second kappa shape index (κ2) is 64.0. The summed E-state index contributed by atoms with van der Waals surface area (Å²) in [5.74, 6) is -2.26. The summed E-state index contributed by atoms with van der Waals surface area (Å²) in [6, 6.07) is 0. The van der Waals surface area contributed by atoms with Crippen molar-refractivity contribution in [1.82, 2.24) is 0 Å². The topological polar surface area (TPSA) is 111 Å². The molecule has 0 radical (unpaired) electrons. The molecule has 2 unspecified atom stereocenters. The van der Waals surface area contributed by atoms with Crippen LogP contribution >= 0.6 is 0 Å². The fourth-order valence-corrected chi connectivity index (χ4v) is 10.2. The molecule has 9 heteroatoms. The van der Waals surface area contributed by atoms with E-state index in [2.05, 4.69) is 74.6 Å². The van der Waals surface area contributed by atoms with Crippen LogP contribution in [0.3, 0.4) is 0 Å². The van der Waals surface area contributed by atoms with E-state index in [0.29, 0.717) is 23.9 Å². The molecule has 0 spiro atoms. The lowest BCUT2D eigenvalue weighted by atomic mass is 10.0. The molecule has 82 heavy (non-hydrogen) atoms. The number of rotatable bonds is 65. The molecule has 0 aromatic carbocycles. The summed E-state index contributed by atoms with van der Waals surface area (Å²) in [4.78, 5) is 37.5. The number of carbonyl (C=O) groups excluding carboxylic acids is 3. The van der Waals surface area contributed by atoms with E-state index in [4.69, 9.17) is 18.9 Å². The van der Waals surface area contributed by atoms with Crippen LogP contribution in [0.1, 0.15) is 328 Å². The maximum absolute atomic E-state index is 12.9. The molecule has 0 bridgehead atoms. The van der Waals surface area contributed by atoms with E-state index >= 15 is 0 Å². The van der Waals surface area contributed by atoms with Crippen LogP contribution in [0.15, 0.2) is 60.8 Å². The molecule has 0 aliphatic rings. The van der Waals surface area contributed by atoms with Gasteiger partial charge in [-0.3, -0.25) is 9.59 Å². The van der Waals surface area contributed by atoms with Gasteiger partial charge in [-0.05, 0) is 57.8 Å². The number of carbonyl (C=O) groups is 3. The Morgan fingerprint density at radius 1 is 0.378 bits per heavy atom. The summed E-state index contributed by atoms with van der Waals surface area (Å²) < 4.78 is 22.8. The number of quaternary nitrogens is 1.